The van der Waals surface area contributed by atoms with E-state index in [4.69, 9.17) is 0 Å². The van der Waals surface area contributed by atoms with Crippen molar-refractivity contribution in [2.24, 2.45) is 23.2 Å². The molecule has 2 aliphatic rings. The average molecular weight is 252 g/mol. The molecule has 0 spiro atoms. The SMILES string of the molecule is CC(C)C1CCC(C(=O)O)(C2CCCCC2)CC1. The lowest BCUT2D eigenvalue weighted by molar-refractivity contribution is -0.157. The first-order chi connectivity index (χ1) is 8.56. The molecule has 0 saturated heterocycles. The lowest BCUT2D eigenvalue weighted by Crippen LogP contribution is -2.43. The zero-order valence-corrected chi connectivity index (χ0v) is 12.0. The van der Waals surface area contributed by atoms with E-state index in [0.717, 1.165) is 44.4 Å². The Hall–Kier alpha value is -0.530. The fourth-order valence-corrected chi connectivity index (χ4v) is 4.27. The van der Waals surface area contributed by atoms with Crippen LogP contribution in [-0.4, -0.2) is 11.1 Å². The van der Waals surface area contributed by atoms with Gasteiger partial charge in [-0.15, -0.1) is 0 Å². The molecule has 0 unspecified atom stereocenters. The molecule has 2 fully saturated rings. The fraction of sp³-hybridized carbons (Fsp3) is 0.938. The minimum Gasteiger partial charge on any atom is -0.481 e. The number of carboxylic acids is 1. The molecule has 0 aromatic rings. The minimum absolute atomic E-state index is 0.369. The van der Waals surface area contributed by atoms with Gasteiger partial charge in [-0.05, 0) is 56.3 Å². The second kappa shape index (κ2) is 5.63. The molecule has 2 saturated carbocycles. The van der Waals surface area contributed by atoms with Crippen LogP contribution in [0.5, 0.6) is 0 Å². The van der Waals surface area contributed by atoms with E-state index in [0.29, 0.717) is 11.8 Å². The monoisotopic (exact) mass is 252 g/mol. The number of carbonyl (C=O) groups is 1. The Bertz CT molecular complexity index is 281. The predicted molar refractivity (Wildman–Crippen MR) is 73.4 cm³/mol. The smallest absolute Gasteiger partial charge is 0.309 e. The van der Waals surface area contributed by atoms with Crippen LogP contribution in [0.2, 0.25) is 0 Å². The highest BCUT2D eigenvalue weighted by molar-refractivity contribution is 5.75. The zero-order chi connectivity index (χ0) is 13.2. The maximum atomic E-state index is 11.9. The highest BCUT2D eigenvalue weighted by Crippen LogP contribution is 2.50. The number of aliphatic carboxylic acids is 1. The number of rotatable bonds is 3. The van der Waals surface area contributed by atoms with E-state index >= 15 is 0 Å². The van der Waals surface area contributed by atoms with Gasteiger partial charge >= 0.3 is 5.97 Å². The van der Waals surface area contributed by atoms with Crippen LogP contribution in [0.25, 0.3) is 0 Å². The molecule has 2 aliphatic carbocycles. The van der Waals surface area contributed by atoms with Crippen molar-refractivity contribution in [2.75, 3.05) is 0 Å². The molecule has 104 valence electrons. The molecule has 2 rings (SSSR count). The van der Waals surface area contributed by atoms with Crippen molar-refractivity contribution in [3.05, 3.63) is 0 Å². The average Bonchev–Trinajstić information content (AvgIpc) is 2.39. The predicted octanol–water partition coefficient (Wildman–Crippen LogP) is 4.48. The Balaban J connectivity index is 2.07. The van der Waals surface area contributed by atoms with Gasteiger partial charge in [0.05, 0.1) is 5.41 Å². The van der Waals surface area contributed by atoms with Gasteiger partial charge in [0.15, 0.2) is 0 Å². The van der Waals surface area contributed by atoms with Crippen LogP contribution < -0.4 is 0 Å². The quantitative estimate of drug-likeness (QED) is 0.804. The van der Waals surface area contributed by atoms with Crippen molar-refractivity contribution in [3.8, 4) is 0 Å². The van der Waals surface area contributed by atoms with Crippen molar-refractivity contribution >= 4 is 5.97 Å². The van der Waals surface area contributed by atoms with Crippen molar-refractivity contribution in [1.29, 1.82) is 0 Å². The third kappa shape index (κ3) is 2.57. The summed E-state index contributed by atoms with van der Waals surface area (Å²) in [6.45, 7) is 4.55. The summed E-state index contributed by atoms with van der Waals surface area (Å²) in [6.07, 6.45) is 10.2. The normalized spacial score (nSPS) is 34.7. The molecule has 0 amide bonds. The van der Waals surface area contributed by atoms with E-state index < -0.39 is 5.97 Å². The molecule has 0 heterocycles. The van der Waals surface area contributed by atoms with Crippen molar-refractivity contribution in [2.45, 2.75) is 71.6 Å². The summed E-state index contributed by atoms with van der Waals surface area (Å²) in [4.78, 5) is 11.9. The summed E-state index contributed by atoms with van der Waals surface area (Å²) in [5.74, 6) is 1.41. The molecular weight excluding hydrogens is 224 g/mol. The van der Waals surface area contributed by atoms with Gasteiger partial charge < -0.3 is 5.11 Å². The van der Waals surface area contributed by atoms with Crippen LogP contribution in [-0.2, 0) is 4.79 Å². The van der Waals surface area contributed by atoms with Gasteiger partial charge in [0.25, 0.3) is 0 Å². The molecule has 1 N–H and O–H groups in total. The van der Waals surface area contributed by atoms with E-state index in [2.05, 4.69) is 13.8 Å². The summed E-state index contributed by atoms with van der Waals surface area (Å²) >= 11 is 0. The van der Waals surface area contributed by atoms with Crippen LogP contribution in [0, 0.1) is 23.2 Å². The summed E-state index contributed by atoms with van der Waals surface area (Å²) in [6, 6.07) is 0. The first-order valence-corrected chi connectivity index (χ1v) is 7.79. The Labute approximate surface area is 111 Å². The third-order valence-electron chi connectivity index (χ3n) is 5.68. The van der Waals surface area contributed by atoms with Crippen LogP contribution in [0.1, 0.15) is 71.6 Å². The molecule has 2 heteroatoms. The van der Waals surface area contributed by atoms with Crippen LogP contribution in [0.3, 0.4) is 0 Å². The second-order valence-corrected chi connectivity index (χ2v) is 6.88. The van der Waals surface area contributed by atoms with Crippen molar-refractivity contribution < 1.29 is 9.90 Å². The topological polar surface area (TPSA) is 37.3 Å². The van der Waals surface area contributed by atoms with E-state index in [1.807, 2.05) is 0 Å². The molecular formula is C16H28O2. The molecule has 0 aromatic heterocycles. The van der Waals surface area contributed by atoms with E-state index in [1.54, 1.807) is 0 Å². The minimum atomic E-state index is -0.503. The Morgan fingerprint density at radius 1 is 1.06 bits per heavy atom. The van der Waals surface area contributed by atoms with E-state index in [-0.39, 0.29) is 5.41 Å². The first-order valence-electron chi connectivity index (χ1n) is 7.79. The molecule has 0 aromatic carbocycles. The van der Waals surface area contributed by atoms with Gasteiger partial charge in [0.2, 0.25) is 0 Å². The van der Waals surface area contributed by atoms with Crippen LogP contribution >= 0.6 is 0 Å². The zero-order valence-electron chi connectivity index (χ0n) is 12.0. The summed E-state index contributed by atoms with van der Waals surface area (Å²) in [5, 5.41) is 9.77. The summed E-state index contributed by atoms with van der Waals surface area (Å²) in [5.41, 5.74) is -0.369. The number of carboxylic acid groups (broad SMARTS) is 1. The first kappa shape index (κ1) is 13.9. The maximum Gasteiger partial charge on any atom is 0.309 e. The van der Waals surface area contributed by atoms with Gasteiger partial charge in [-0.3, -0.25) is 4.79 Å². The van der Waals surface area contributed by atoms with E-state index in [1.165, 1.54) is 19.3 Å². The molecule has 18 heavy (non-hydrogen) atoms. The lowest BCUT2D eigenvalue weighted by atomic mass is 9.59. The van der Waals surface area contributed by atoms with Gasteiger partial charge in [-0.25, -0.2) is 0 Å². The summed E-state index contributed by atoms with van der Waals surface area (Å²) in [7, 11) is 0. The molecule has 0 aliphatic heterocycles. The molecule has 2 nitrogen and oxygen atoms in total. The molecule has 0 atom stereocenters. The van der Waals surface area contributed by atoms with Crippen molar-refractivity contribution in [1.82, 2.24) is 0 Å². The van der Waals surface area contributed by atoms with Gasteiger partial charge in [-0.2, -0.15) is 0 Å². The Kier molecular flexibility index (Phi) is 4.34. The van der Waals surface area contributed by atoms with Gasteiger partial charge in [0.1, 0.15) is 0 Å². The molecule has 0 radical (unpaired) electrons. The Morgan fingerprint density at radius 2 is 1.61 bits per heavy atom. The van der Waals surface area contributed by atoms with Crippen LogP contribution in [0.15, 0.2) is 0 Å². The number of hydrogen-bond donors (Lipinski definition) is 1. The highest BCUT2D eigenvalue weighted by Gasteiger charge is 2.48. The standard InChI is InChI=1S/C16H28O2/c1-12(2)13-8-10-16(11-9-13,15(17)18)14-6-4-3-5-7-14/h12-14H,3-11H2,1-2H3,(H,17,18). The van der Waals surface area contributed by atoms with E-state index in [9.17, 15) is 9.90 Å². The summed E-state index contributed by atoms with van der Waals surface area (Å²) < 4.78 is 0. The Morgan fingerprint density at radius 3 is 2.06 bits per heavy atom. The largest absolute Gasteiger partial charge is 0.481 e. The number of hydrogen-bond acceptors (Lipinski definition) is 1. The highest BCUT2D eigenvalue weighted by atomic mass is 16.4. The van der Waals surface area contributed by atoms with Crippen molar-refractivity contribution in [3.63, 3.8) is 0 Å². The third-order valence-corrected chi connectivity index (χ3v) is 5.68. The molecule has 0 bridgehead atoms. The van der Waals surface area contributed by atoms with Crippen LogP contribution in [0.4, 0.5) is 0 Å². The fourth-order valence-electron chi connectivity index (χ4n) is 4.27. The second-order valence-electron chi connectivity index (χ2n) is 6.88. The van der Waals surface area contributed by atoms with Gasteiger partial charge in [-0.1, -0.05) is 33.1 Å². The maximum absolute atomic E-state index is 11.9. The van der Waals surface area contributed by atoms with Gasteiger partial charge in [0, 0.05) is 0 Å². The lowest BCUT2D eigenvalue weighted by Gasteiger charge is -2.44.